The Balaban J connectivity index is 4.92. The normalized spacial score (nSPS) is 13.3. The molecule has 118 valence electrons. The summed E-state index contributed by atoms with van der Waals surface area (Å²) in [5.74, 6) is 0. The second-order valence-electron chi connectivity index (χ2n) is 5.56. The number of isothiocyanates is 2. The van der Waals surface area contributed by atoms with Crippen LogP contribution in [0.3, 0.4) is 0 Å². The molecule has 0 heterocycles. The number of nitrogens with one attached hydrogen (secondary N) is 1. The average molecular weight is 330 g/mol. The Morgan fingerprint density at radius 1 is 1.19 bits per heavy atom. The number of carbonyl (C=O) groups excluding carboxylic acids is 1. The second kappa shape index (κ2) is 9.71. The summed E-state index contributed by atoms with van der Waals surface area (Å²) >= 11 is 9.08. The Labute approximate surface area is 136 Å². The number of amides is 1. The van der Waals surface area contributed by atoms with Gasteiger partial charge in [-0.15, -0.1) is 0 Å². The number of rotatable bonds is 8. The van der Waals surface area contributed by atoms with E-state index in [4.69, 9.17) is 10.5 Å². The SMILES string of the molecule is CC(C)(C)OC(=O)NC(CN)(CCN=C=S)CCN=C=S. The Bertz CT molecular complexity index is 414. The molecule has 0 aromatic carbocycles. The van der Waals surface area contributed by atoms with Crippen LogP contribution in [0.25, 0.3) is 0 Å². The van der Waals surface area contributed by atoms with Crippen molar-refractivity contribution in [3.63, 3.8) is 0 Å². The molecule has 0 aliphatic rings. The van der Waals surface area contributed by atoms with Crippen molar-refractivity contribution in [2.75, 3.05) is 19.6 Å². The first-order valence-electron chi connectivity index (χ1n) is 6.57. The topological polar surface area (TPSA) is 89.1 Å². The number of hydrogen-bond donors (Lipinski definition) is 2. The molecule has 0 rings (SSSR count). The first kappa shape index (κ1) is 19.8. The zero-order valence-electron chi connectivity index (χ0n) is 12.6. The van der Waals surface area contributed by atoms with Gasteiger partial charge < -0.3 is 15.8 Å². The van der Waals surface area contributed by atoms with Crippen molar-refractivity contribution < 1.29 is 9.53 Å². The lowest BCUT2D eigenvalue weighted by Crippen LogP contribution is -2.55. The Morgan fingerprint density at radius 3 is 2.00 bits per heavy atom. The molecular weight excluding hydrogens is 308 g/mol. The van der Waals surface area contributed by atoms with Crippen LogP contribution in [0.5, 0.6) is 0 Å². The summed E-state index contributed by atoms with van der Waals surface area (Å²) in [5.41, 5.74) is 4.59. The van der Waals surface area contributed by atoms with Gasteiger partial charge >= 0.3 is 6.09 Å². The molecule has 0 bridgehead atoms. The Hall–Kier alpha value is -1.17. The molecule has 0 fully saturated rings. The Morgan fingerprint density at radius 2 is 1.67 bits per heavy atom. The first-order chi connectivity index (χ1) is 9.78. The van der Waals surface area contributed by atoms with E-state index in [1.54, 1.807) is 20.8 Å². The van der Waals surface area contributed by atoms with Gasteiger partial charge in [-0.1, -0.05) is 0 Å². The smallest absolute Gasteiger partial charge is 0.408 e. The molecule has 8 heteroatoms. The third-order valence-corrected chi connectivity index (χ3v) is 2.95. The van der Waals surface area contributed by atoms with E-state index in [1.807, 2.05) is 0 Å². The summed E-state index contributed by atoms with van der Waals surface area (Å²) in [6, 6.07) is 0. The molecule has 0 atom stereocenters. The standard InChI is InChI=1S/C13H22N4O2S2/c1-12(2,3)19-11(18)17-13(8-14,4-6-15-9-20)5-7-16-10-21/h4-8,14H2,1-3H3,(H,17,18). The predicted molar refractivity (Wildman–Crippen MR) is 90.2 cm³/mol. The third kappa shape index (κ3) is 9.39. The van der Waals surface area contributed by atoms with Crippen molar-refractivity contribution >= 4 is 40.9 Å². The molecule has 0 saturated carbocycles. The van der Waals surface area contributed by atoms with Crippen molar-refractivity contribution in [1.29, 1.82) is 0 Å². The maximum atomic E-state index is 12.0. The molecule has 0 aliphatic carbocycles. The maximum absolute atomic E-state index is 12.0. The molecule has 0 unspecified atom stereocenters. The van der Waals surface area contributed by atoms with Gasteiger partial charge in [0, 0.05) is 6.54 Å². The minimum atomic E-state index is -0.673. The quantitative estimate of drug-likeness (QED) is 0.526. The molecule has 0 aromatic rings. The van der Waals surface area contributed by atoms with Crippen molar-refractivity contribution in [1.82, 2.24) is 5.32 Å². The minimum Gasteiger partial charge on any atom is -0.444 e. The molecule has 0 radical (unpaired) electrons. The van der Waals surface area contributed by atoms with Crippen LogP contribution in [0.2, 0.25) is 0 Å². The highest BCUT2D eigenvalue weighted by Gasteiger charge is 2.31. The lowest BCUT2D eigenvalue weighted by atomic mass is 9.91. The van der Waals surface area contributed by atoms with Crippen LogP contribution in [-0.4, -0.2) is 47.2 Å². The number of thiocarbonyl (C=S) groups is 2. The predicted octanol–water partition coefficient (Wildman–Crippen LogP) is 2.19. The summed E-state index contributed by atoms with van der Waals surface area (Å²) in [7, 11) is 0. The Kier molecular flexibility index (Phi) is 9.17. The summed E-state index contributed by atoms with van der Waals surface area (Å²) in [6.07, 6.45) is 0.504. The zero-order chi connectivity index (χ0) is 16.4. The average Bonchev–Trinajstić information content (AvgIpc) is 2.36. The molecule has 0 aliphatic heterocycles. The largest absolute Gasteiger partial charge is 0.444 e. The van der Waals surface area contributed by atoms with Gasteiger partial charge in [-0.3, -0.25) is 0 Å². The van der Waals surface area contributed by atoms with Gasteiger partial charge in [0.15, 0.2) is 0 Å². The van der Waals surface area contributed by atoms with Crippen LogP contribution < -0.4 is 11.1 Å². The zero-order valence-corrected chi connectivity index (χ0v) is 14.3. The van der Waals surface area contributed by atoms with Crippen molar-refractivity contribution in [3.8, 4) is 0 Å². The number of carbonyl (C=O) groups is 1. The first-order valence-corrected chi connectivity index (χ1v) is 7.39. The monoisotopic (exact) mass is 330 g/mol. The molecule has 21 heavy (non-hydrogen) atoms. The summed E-state index contributed by atoms with van der Waals surface area (Å²) in [5, 5.41) is 7.41. The van der Waals surface area contributed by atoms with Crippen LogP contribution in [0.15, 0.2) is 9.98 Å². The van der Waals surface area contributed by atoms with Gasteiger partial charge in [0.1, 0.15) is 5.60 Å². The van der Waals surface area contributed by atoms with Gasteiger partial charge in [0.2, 0.25) is 0 Å². The number of nitrogens with two attached hydrogens (primary N) is 1. The molecule has 3 N–H and O–H groups in total. The van der Waals surface area contributed by atoms with Crippen LogP contribution >= 0.6 is 24.4 Å². The van der Waals surface area contributed by atoms with Crippen LogP contribution in [0, 0.1) is 0 Å². The van der Waals surface area contributed by atoms with Crippen LogP contribution in [-0.2, 0) is 4.74 Å². The van der Waals surface area contributed by atoms with Crippen molar-refractivity contribution in [2.45, 2.75) is 44.8 Å². The number of aliphatic imine (C=N–C) groups is 2. The number of nitrogens with zero attached hydrogens (tertiary/aromatic N) is 2. The van der Waals surface area contributed by atoms with E-state index in [-0.39, 0.29) is 6.54 Å². The minimum absolute atomic E-state index is 0.228. The summed E-state index contributed by atoms with van der Waals surface area (Å²) < 4.78 is 5.27. The number of hydrogen-bond acceptors (Lipinski definition) is 7. The van der Waals surface area contributed by atoms with E-state index < -0.39 is 17.2 Å². The summed E-state index contributed by atoms with van der Waals surface area (Å²) in [4.78, 5) is 19.7. The molecule has 0 saturated heterocycles. The van der Waals surface area contributed by atoms with E-state index in [9.17, 15) is 4.79 Å². The lowest BCUT2D eigenvalue weighted by molar-refractivity contribution is 0.0449. The van der Waals surface area contributed by atoms with Crippen LogP contribution in [0.4, 0.5) is 4.79 Å². The maximum Gasteiger partial charge on any atom is 0.408 e. The van der Waals surface area contributed by atoms with Crippen molar-refractivity contribution in [2.24, 2.45) is 15.7 Å². The van der Waals surface area contributed by atoms with E-state index in [2.05, 4.69) is 50.1 Å². The fraction of sp³-hybridized carbons (Fsp3) is 0.769. The molecule has 0 aromatic heterocycles. The van der Waals surface area contributed by atoms with Gasteiger partial charge in [-0.25, -0.2) is 14.8 Å². The van der Waals surface area contributed by atoms with Gasteiger partial charge in [-0.2, -0.15) is 0 Å². The number of alkyl carbamates (subject to hydrolysis) is 1. The van der Waals surface area contributed by atoms with Crippen LogP contribution in [0.1, 0.15) is 33.6 Å². The highest BCUT2D eigenvalue weighted by molar-refractivity contribution is 7.78. The lowest BCUT2D eigenvalue weighted by Gasteiger charge is -2.33. The van der Waals surface area contributed by atoms with Gasteiger partial charge in [0.05, 0.1) is 29.0 Å². The second-order valence-corrected chi connectivity index (χ2v) is 5.92. The molecule has 6 nitrogen and oxygen atoms in total. The highest BCUT2D eigenvalue weighted by atomic mass is 32.1. The summed E-state index contributed by atoms with van der Waals surface area (Å²) in [6.45, 7) is 6.44. The van der Waals surface area contributed by atoms with Crippen molar-refractivity contribution in [3.05, 3.63) is 0 Å². The highest BCUT2D eigenvalue weighted by Crippen LogP contribution is 2.17. The molecule has 0 spiro atoms. The van der Waals surface area contributed by atoms with E-state index in [1.165, 1.54) is 0 Å². The third-order valence-electron chi connectivity index (χ3n) is 2.69. The molecule has 1 amide bonds. The van der Waals surface area contributed by atoms with E-state index >= 15 is 0 Å². The molecular formula is C13H22N4O2S2. The number of ether oxygens (including phenoxy) is 1. The van der Waals surface area contributed by atoms with E-state index in [0.717, 1.165) is 0 Å². The van der Waals surface area contributed by atoms with E-state index in [0.29, 0.717) is 25.9 Å². The fourth-order valence-electron chi connectivity index (χ4n) is 1.66. The fourth-order valence-corrected chi connectivity index (χ4v) is 1.84. The van der Waals surface area contributed by atoms with Gasteiger partial charge in [0.25, 0.3) is 0 Å². The van der Waals surface area contributed by atoms with Gasteiger partial charge in [-0.05, 0) is 58.0 Å².